The monoisotopic (exact) mass is 508 g/mol. The normalized spacial score (nSPS) is 16.4. The maximum absolute atomic E-state index is 13.8. The van der Waals surface area contributed by atoms with E-state index in [1.807, 2.05) is 12.1 Å². The van der Waals surface area contributed by atoms with Gasteiger partial charge >= 0.3 is 5.97 Å². The lowest BCUT2D eigenvalue weighted by Gasteiger charge is -2.26. The molecule has 2 aliphatic rings. The van der Waals surface area contributed by atoms with Crippen molar-refractivity contribution in [3.8, 4) is 23.0 Å². The van der Waals surface area contributed by atoms with Gasteiger partial charge in [0.25, 0.3) is 5.56 Å². The van der Waals surface area contributed by atoms with Gasteiger partial charge in [-0.05, 0) is 49.8 Å². The predicted molar refractivity (Wildman–Crippen MR) is 133 cm³/mol. The second kappa shape index (κ2) is 9.54. The van der Waals surface area contributed by atoms with E-state index in [0.717, 1.165) is 5.56 Å². The van der Waals surface area contributed by atoms with Gasteiger partial charge in [0.15, 0.2) is 16.3 Å². The molecule has 2 aliphatic heterocycles. The van der Waals surface area contributed by atoms with Crippen LogP contribution in [-0.2, 0) is 9.53 Å². The molecule has 0 N–H and O–H groups in total. The van der Waals surface area contributed by atoms with E-state index in [0.29, 0.717) is 43.6 Å². The maximum atomic E-state index is 13.8. The zero-order valence-electron chi connectivity index (χ0n) is 20.2. The molecule has 10 heteroatoms. The minimum atomic E-state index is -0.792. The average Bonchev–Trinajstić information content (AvgIpc) is 3.46. The Hall–Kier alpha value is -4.05. The number of ether oxygens (including phenoxy) is 5. The molecule has 0 bridgehead atoms. The van der Waals surface area contributed by atoms with Crippen LogP contribution in [0.15, 0.2) is 57.5 Å². The van der Waals surface area contributed by atoms with Crippen molar-refractivity contribution < 1.29 is 28.5 Å². The quantitative estimate of drug-likeness (QED) is 0.472. The van der Waals surface area contributed by atoms with E-state index in [1.165, 1.54) is 23.0 Å². The zero-order chi connectivity index (χ0) is 25.4. The number of rotatable bonds is 6. The molecule has 3 heterocycles. The first-order valence-electron chi connectivity index (χ1n) is 11.3. The number of fused-ring (bicyclic) bond motifs is 2. The highest BCUT2D eigenvalue weighted by atomic mass is 32.1. The van der Waals surface area contributed by atoms with Gasteiger partial charge < -0.3 is 23.7 Å². The number of aromatic nitrogens is 1. The van der Waals surface area contributed by atoms with Crippen molar-refractivity contribution >= 4 is 23.4 Å². The van der Waals surface area contributed by atoms with Crippen molar-refractivity contribution in [3.63, 3.8) is 0 Å². The molecule has 5 rings (SSSR count). The highest BCUT2D eigenvalue weighted by Gasteiger charge is 2.35. The smallest absolute Gasteiger partial charge is 0.338 e. The van der Waals surface area contributed by atoms with Crippen molar-refractivity contribution in [2.45, 2.75) is 19.9 Å². The van der Waals surface area contributed by atoms with Crippen molar-refractivity contribution in [1.29, 1.82) is 0 Å². The SMILES string of the molecule is CCOC(=O)C1=C(C)N=c2s/c(=C\c3ccc4c(c3)OCO4)c(=O)n2[C@@H]1c1ccc(OC)cc1OC. The first-order valence-corrected chi connectivity index (χ1v) is 12.1. The van der Waals surface area contributed by atoms with Crippen LogP contribution in [0.1, 0.15) is 31.0 Å². The molecule has 0 radical (unpaired) electrons. The summed E-state index contributed by atoms with van der Waals surface area (Å²) in [6, 6.07) is 9.95. The number of carbonyl (C=O) groups is 1. The summed E-state index contributed by atoms with van der Waals surface area (Å²) in [5.74, 6) is 1.81. The van der Waals surface area contributed by atoms with E-state index in [2.05, 4.69) is 4.99 Å². The summed E-state index contributed by atoms with van der Waals surface area (Å²) >= 11 is 1.24. The van der Waals surface area contributed by atoms with Crippen LogP contribution in [0.3, 0.4) is 0 Å². The lowest BCUT2D eigenvalue weighted by Crippen LogP contribution is -2.40. The number of benzene rings is 2. The minimum absolute atomic E-state index is 0.167. The molecule has 2 aromatic carbocycles. The van der Waals surface area contributed by atoms with Gasteiger partial charge in [-0.3, -0.25) is 9.36 Å². The molecule has 186 valence electrons. The van der Waals surface area contributed by atoms with Gasteiger partial charge in [-0.1, -0.05) is 17.4 Å². The number of hydrogen-bond donors (Lipinski definition) is 0. The summed E-state index contributed by atoms with van der Waals surface area (Å²) in [5.41, 5.74) is 1.87. The van der Waals surface area contributed by atoms with Crippen LogP contribution < -0.4 is 33.8 Å². The number of thiazole rings is 1. The molecule has 0 amide bonds. The standard InChI is InChI=1S/C26H24N2O7S/c1-5-33-25(30)22-14(2)27-26-28(23(22)17-8-7-16(31-3)12-19(17)32-4)24(29)21(36-26)11-15-6-9-18-20(10-15)35-13-34-18/h6-12,23H,5,13H2,1-4H3/b21-11-/t23-/m1/s1. The third-order valence-corrected chi connectivity index (χ3v) is 6.93. The van der Waals surface area contributed by atoms with Crippen LogP contribution in [-0.4, -0.2) is 38.2 Å². The van der Waals surface area contributed by atoms with Crippen molar-refractivity contribution in [3.05, 3.63) is 78.5 Å². The van der Waals surface area contributed by atoms with Crippen molar-refractivity contribution in [2.24, 2.45) is 4.99 Å². The second-order valence-electron chi connectivity index (χ2n) is 8.02. The highest BCUT2D eigenvalue weighted by molar-refractivity contribution is 7.07. The number of esters is 1. The molecule has 3 aromatic rings. The van der Waals surface area contributed by atoms with Gasteiger partial charge in [0, 0.05) is 11.6 Å². The Balaban J connectivity index is 1.72. The molecule has 9 nitrogen and oxygen atoms in total. The molecule has 1 aromatic heterocycles. The van der Waals surface area contributed by atoms with Crippen LogP contribution in [0.25, 0.3) is 6.08 Å². The molecule has 0 aliphatic carbocycles. The Kier molecular flexibility index (Phi) is 6.27. The molecular weight excluding hydrogens is 484 g/mol. The van der Waals surface area contributed by atoms with E-state index in [4.69, 9.17) is 23.7 Å². The Morgan fingerprint density at radius 3 is 2.72 bits per heavy atom. The average molecular weight is 509 g/mol. The van der Waals surface area contributed by atoms with E-state index < -0.39 is 12.0 Å². The van der Waals surface area contributed by atoms with Crippen LogP contribution >= 0.6 is 11.3 Å². The van der Waals surface area contributed by atoms with E-state index in [-0.39, 0.29) is 24.5 Å². The first kappa shape index (κ1) is 23.7. The highest BCUT2D eigenvalue weighted by Crippen LogP contribution is 2.37. The fraction of sp³-hybridized carbons (Fsp3) is 0.269. The summed E-state index contributed by atoms with van der Waals surface area (Å²) in [7, 11) is 3.09. The largest absolute Gasteiger partial charge is 0.497 e. The number of allylic oxidation sites excluding steroid dienone is 1. The minimum Gasteiger partial charge on any atom is -0.497 e. The predicted octanol–water partition coefficient (Wildman–Crippen LogP) is 2.54. The van der Waals surface area contributed by atoms with Crippen LogP contribution in [0.2, 0.25) is 0 Å². The number of methoxy groups -OCH3 is 2. The Morgan fingerprint density at radius 1 is 1.17 bits per heavy atom. The fourth-order valence-electron chi connectivity index (χ4n) is 4.28. The van der Waals surface area contributed by atoms with E-state index in [1.54, 1.807) is 51.3 Å². The summed E-state index contributed by atoms with van der Waals surface area (Å²) < 4.78 is 29.1. The molecule has 0 unspecified atom stereocenters. The number of hydrogen-bond acceptors (Lipinski definition) is 9. The lowest BCUT2D eigenvalue weighted by molar-refractivity contribution is -0.139. The molecule has 0 saturated carbocycles. The second-order valence-corrected chi connectivity index (χ2v) is 9.03. The van der Waals surface area contributed by atoms with Crippen LogP contribution in [0.5, 0.6) is 23.0 Å². The summed E-state index contributed by atoms with van der Waals surface area (Å²) in [5, 5.41) is 0. The first-order chi connectivity index (χ1) is 17.4. The topological polar surface area (TPSA) is 97.6 Å². The Labute approximate surface area is 210 Å². The number of nitrogens with zero attached hydrogens (tertiary/aromatic N) is 2. The van der Waals surface area contributed by atoms with Crippen LogP contribution in [0.4, 0.5) is 0 Å². The molecule has 0 spiro atoms. The van der Waals surface area contributed by atoms with Gasteiger partial charge in [-0.2, -0.15) is 0 Å². The summed E-state index contributed by atoms with van der Waals surface area (Å²) in [6.45, 7) is 3.83. The molecule has 36 heavy (non-hydrogen) atoms. The van der Waals surface area contributed by atoms with Gasteiger partial charge in [-0.25, -0.2) is 9.79 Å². The van der Waals surface area contributed by atoms with Gasteiger partial charge in [0.2, 0.25) is 6.79 Å². The summed E-state index contributed by atoms with van der Waals surface area (Å²) in [6.07, 6.45) is 1.78. The molecule has 0 saturated heterocycles. The lowest BCUT2D eigenvalue weighted by atomic mass is 9.95. The fourth-order valence-corrected chi connectivity index (χ4v) is 5.33. The molecule has 0 fully saturated rings. The van der Waals surface area contributed by atoms with Gasteiger partial charge in [-0.15, -0.1) is 0 Å². The van der Waals surface area contributed by atoms with Crippen molar-refractivity contribution in [1.82, 2.24) is 4.57 Å². The maximum Gasteiger partial charge on any atom is 0.338 e. The third-order valence-electron chi connectivity index (χ3n) is 5.95. The Bertz CT molecular complexity index is 1570. The number of carbonyl (C=O) groups excluding carboxylic acids is 1. The Morgan fingerprint density at radius 2 is 1.97 bits per heavy atom. The molecular formula is C26H24N2O7S. The summed E-state index contributed by atoms with van der Waals surface area (Å²) in [4.78, 5) is 31.9. The van der Waals surface area contributed by atoms with Crippen LogP contribution in [0, 0.1) is 0 Å². The van der Waals surface area contributed by atoms with Gasteiger partial charge in [0.05, 0.1) is 36.6 Å². The third kappa shape index (κ3) is 4.03. The van der Waals surface area contributed by atoms with Gasteiger partial charge in [0.1, 0.15) is 17.5 Å². The van der Waals surface area contributed by atoms with E-state index >= 15 is 0 Å². The molecule has 1 atom stereocenters. The van der Waals surface area contributed by atoms with E-state index in [9.17, 15) is 9.59 Å². The zero-order valence-corrected chi connectivity index (χ0v) is 21.0. The van der Waals surface area contributed by atoms with Crippen molar-refractivity contribution in [2.75, 3.05) is 27.6 Å².